The first-order chi connectivity index (χ1) is 4.33. The number of ether oxygens (including phenoxy) is 1. The third-order valence-corrected chi connectivity index (χ3v) is 2.03. The van der Waals surface area contributed by atoms with Crippen LogP contribution < -0.4 is 0 Å². The van der Waals surface area contributed by atoms with E-state index in [0.717, 1.165) is 25.0 Å². The Morgan fingerprint density at radius 1 is 1.44 bits per heavy atom. The molecule has 1 fully saturated rings. The topological polar surface area (TPSA) is 9.23 Å². The average Bonchev–Trinajstić information content (AvgIpc) is 1.78. The van der Waals surface area contributed by atoms with Gasteiger partial charge in [0.05, 0.1) is 0 Å². The third-order valence-electron chi connectivity index (χ3n) is 2.03. The van der Waals surface area contributed by atoms with Crippen molar-refractivity contribution in [1.29, 1.82) is 0 Å². The Labute approximate surface area is 57.4 Å². The Morgan fingerprint density at radius 3 is 2.56 bits per heavy atom. The Morgan fingerprint density at radius 2 is 2.11 bits per heavy atom. The van der Waals surface area contributed by atoms with E-state index in [4.69, 9.17) is 4.74 Å². The van der Waals surface area contributed by atoms with Crippen LogP contribution in [0, 0.1) is 11.8 Å². The van der Waals surface area contributed by atoms with E-state index in [9.17, 15) is 0 Å². The van der Waals surface area contributed by atoms with E-state index in [-0.39, 0.29) is 0 Å². The van der Waals surface area contributed by atoms with Crippen LogP contribution in [-0.2, 0) is 4.74 Å². The molecule has 0 aromatic rings. The molecule has 0 atom stereocenters. The van der Waals surface area contributed by atoms with E-state index in [2.05, 4.69) is 13.8 Å². The number of hydrogen-bond acceptors (Lipinski definition) is 1. The predicted octanol–water partition coefficient (Wildman–Crippen LogP) is 2.07. The van der Waals surface area contributed by atoms with Crippen LogP contribution in [0.3, 0.4) is 0 Å². The fourth-order valence-corrected chi connectivity index (χ4v) is 1.49. The highest BCUT2D eigenvalue weighted by atomic mass is 16.5. The molecule has 0 spiro atoms. The summed E-state index contributed by atoms with van der Waals surface area (Å²) in [5, 5.41) is 0. The molecule has 1 heteroatoms. The normalized spacial score (nSPS) is 34.0. The summed E-state index contributed by atoms with van der Waals surface area (Å²) in [5.41, 5.74) is 0. The second kappa shape index (κ2) is 3.21. The van der Waals surface area contributed by atoms with Crippen LogP contribution in [0.4, 0.5) is 0 Å². The summed E-state index contributed by atoms with van der Waals surface area (Å²) in [6.45, 7) is 6.25. The Balaban J connectivity index is 1.91. The fraction of sp³-hybridized carbons (Fsp3) is 1.00. The third kappa shape index (κ3) is 1.98. The minimum atomic E-state index is 0.880. The van der Waals surface area contributed by atoms with E-state index < -0.39 is 0 Å². The summed E-state index contributed by atoms with van der Waals surface area (Å²) in [7, 11) is 0. The van der Waals surface area contributed by atoms with Crippen molar-refractivity contribution in [3.8, 4) is 0 Å². The van der Waals surface area contributed by atoms with Crippen molar-refractivity contribution in [3.05, 3.63) is 0 Å². The molecule has 0 radical (unpaired) electrons. The molecule has 1 nitrogen and oxygen atoms in total. The van der Waals surface area contributed by atoms with Crippen molar-refractivity contribution < 1.29 is 4.74 Å². The van der Waals surface area contributed by atoms with Crippen molar-refractivity contribution in [1.82, 2.24) is 0 Å². The van der Waals surface area contributed by atoms with Crippen LogP contribution in [-0.4, -0.2) is 13.2 Å². The molecular weight excluding hydrogens is 112 g/mol. The molecule has 0 bridgehead atoms. The lowest BCUT2D eigenvalue weighted by Crippen LogP contribution is -2.25. The maximum Gasteiger partial charge on any atom is 0.0494 e. The molecule has 0 aromatic carbocycles. The van der Waals surface area contributed by atoms with Crippen LogP contribution in [0.2, 0.25) is 0 Å². The van der Waals surface area contributed by atoms with Gasteiger partial charge in [0.1, 0.15) is 0 Å². The van der Waals surface area contributed by atoms with Crippen molar-refractivity contribution in [2.75, 3.05) is 13.2 Å². The van der Waals surface area contributed by atoms with Gasteiger partial charge in [-0.25, -0.2) is 0 Å². The van der Waals surface area contributed by atoms with Crippen molar-refractivity contribution in [3.63, 3.8) is 0 Å². The van der Waals surface area contributed by atoms with Crippen LogP contribution in [0.1, 0.15) is 26.7 Å². The number of hydrogen-bond donors (Lipinski definition) is 0. The Bertz CT molecular complexity index is 74.6. The highest BCUT2D eigenvalue weighted by Crippen LogP contribution is 2.32. The lowest BCUT2D eigenvalue weighted by molar-refractivity contribution is 0.0551. The van der Waals surface area contributed by atoms with E-state index in [0.29, 0.717) is 0 Å². The highest BCUT2D eigenvalue weighted by molar-refractivity contribution is 4.75. The van der Waals surface area contributed by atoms with Gasteiger partial charge in [0.25, 0.3) is 0 Å². The summed E-state index contributed by atoms with van der Waals surface area (Å²) >= 11 is 0. The molecular formula is C8H16O. The summed E-state index contributed by atoms with van der Waals surface area (Å²) in [4.78, 5) is 0. The van der Waals surface area contributed by atoms with Crippen molar-refractivity contribution in [2.45, 2.75) is 26.7 Å². The largest absolute Gasteiger partial charge is 0.381 e. The zero-order valence-electron chi connectivity index (χ0n) is 6.39. The molecule has 1 saturated carbocycles. The van der Waals surface area contributed by atoms with E-state index in [1.807, 2.05) is 0 Å². The molecule has 54 valence electrons. The summed E-state index contributed by atoms with van der Waals surface area (Å²) in [6.07, 6.45) is 2.78. The minimum absolute atomic E-state index is 0.880. The van der Waals surface area contributed by atoms with Gasteiger partial charge < -0.3 is 4.74 Å². The van der Waals surface area contributed by atoms with Gasteiger partial charge in [0.15, 0.2) is 0 Å². The lowest BCUT2D eigenvalue weighted by Gasteiger charge is -2.32. The van der Waals surface area contributed by atoms with Gasteiger partial charge in [-0.1, -0.05) is 6.92 Å². The van der Waals surface area contributed by atoms with E-state index >= 15 is 0 Å². The van der Waals surface area contributed by atoms with Crippen LogP contribution >= 0.6 is 0 Å². The maximum absolute atomic E-state index is 5.29. The first-order valence-electron chi connectivity index (χ1n) is 3.90. The summed E-state index contributed by atoms with van der Waals surface area (Å²) in [5.74, 6) is 1.86. The molecule has 0 heterocycles. The lowest BCUT2D eigenvalue weighted by atomic mass is 9.77. The molecule has 1 aliphatic rings. The fourth-order valence-electron chi connectivity index (χ4n) is 1.49. The number of rotatable bonds is 3. The predicted molar refractivity (Wildman–Crippen MR) is 38.4 cm³/mol. The SMILES string of the molecule is CCOCC1CC(C)C1. The van der Waals surface area contributed by atoms with Crippen LogP contribution in [0.5, 0.6) is 0 Å². The van der Waals surface area contributed by atoms with E-state index in [1.165, 1.54) is 12.8 Å². The first-order valence-corrected chi connectivity index (χ1v) is 3.90. The van der Waals surface area contributed by atoms with Crippen LogP contribution in [0.15, 0.2) is 0 Å². The zero-order chi connectivity index (χ0) is 6.69. The molecule has 0 unspecified atom stereocenters. The molecule has 9 heavy (non-hydrogen) atoms. The molecule has 1 rings (SSSR count). The van der Waals surface area contributed by atoms with Gasteiger partial charge in [0.2, 0.25) is 0 Å². The quantitative estimate of drug-likeness (QED) is 0.565. The van der Waals surface area contributed by atoms with Gasteiger partial charge in [-0.05, 0) is 31.6 Å². The zero-order valence-corrected chi connectivity index (χ0v) is 6.39. The average molecular weight is 128 g/mol. The van der Waals surface area contributed by atoms with Crippen molar-refractivity contribution >= 4 is 0 Å². The van der Waals surface area contributed by atoms with Crippen LogP contribution in [0.25, 0.3) is 0 Å². The van der Waals surface area contributed by atoms with Gasteiger partial charge in [-0.15, -0.1) is 0 Å². The molecule has 0 N–H and O–H groups in total. The van der Waals surface area contributed by atoms with Gasteiger partial charge in [-0.2, -0.15) is 0 Å². The Hall–Kier alpha value is -0.0400. The molecule has 1 aliphatic carbocycles. The van der Waals surface area contributed by atoms with Gasteiger partial charge >= 0.3 is 0 Å². The highest BCUT2D eigenvalue weighted by Gasteiger charge is 2.24. The molecule has 0 aliphatic heterocycles. The molecule has 0 aromatic heterocycles. The summed E-state index contributed by atoms with van der Waals surface area (Å²) in [6, 6.07) is 0. The smallest absolute Gasteiger partial charge is 0.0494 e. The standard InChI is InChI=1S/C8H16O/c1-3-9-6-8-4-7(2)5-8/h7-8H,3-6H2,1-2H3. The van der Waals surface area contributed by atoms with Gasteiger partial charge in [-0.3, -0.25) is 0 Å². The first kappa shape index (κ1) is 7.07. The maximum atomic E-state index is 5.29. The second-order valence-corrected chi connectivity index (χ2v) is 3.10. The monoisotopic (exact) mass is 128 g/mol. The van der Waals surface area contributed by atoms with E-state index in [1.54, 1.807) is 0 Å². The Kier molecular flexibility index (Phi) is 2.52. The summed E-state index contributed by atoms with van der Waals surface area (Å²) < 4.78 is 5.29. The van der Waals surface area contributed by atoms with Crippen molar-refractivity contribution in [2.24, 2.45) is 11.8 Å². The minimum Gasteiger partial charge on any atom is -0.381 e. The molecule has 0 saturated heterocycles. The second-order valence-electron chi connectivity index (χ2n) is 3.10. The van der Waals surface area contributed by atoms with Gasteiger partial charge in [0, 0.05) is 13.2 Å². The molecule has 0 amide bonds.